The summed E-state index contributed by atoms with van der Waals surface area (Å²) >= 11 is 0. The van der Waals surface area contributed by atoms with E-state index in [0.717, 1.165) is 12.1 Å². The lowest BCUT2D eigenvalue weighted by molar-refractivity contribution is -0.137. The first-order chi connectivity index (χ1) is 7.97. The largest absolute Gasteiger partial charge is 0.416 e. The summed E-state index contributed by atoms with van der Waals surface area (Å²) in [6.45, 7) is 0. The van der Waals surface area contributed by atoms with Crippen molar-refractivity contribution < 1.29 is 13.2 Å². The van der Waals surface area contributed by atoms with Crippen LogP contribution in [0.15, 0.2) is 24.3 Å². The van der Waals surface area contributed by atoms with Gasteiger partial charge in [0.1, 0.15) is 0 Å². The first-order valence-corrected chi connectivity index (χ1v) is 4.90. The summed E-state index contributed by atoms with van der Waals surface area (Å²) in [5.41, 5.74) is -0.0881. The molecule has 2 nitrogen and oxygen atoms in total. The second kappa shape index (κ2) is 5.36. The molecule has 1 rings (SSSR count). The maximum Gasteiger partial charge on any atom is 0.416 e. The van der Waals surface area contributed by atoms with Crippen molar-refractivity contribution >= 4 is 0 Å². The molecular weight excluding hydrogens is 229 g/mol. The van der Waals surface area contributed by atoms with Gasteiger partial charge in [0.2, 0.25) is 0 Å². The highest BCUT2D eigenvalue weighted by molar-refractivity contribution is 5.25. The van der Waals surface area contributed by atoms with Gasteiger partial charge in [-0.1, -0.05) is 12.1 Å². The van der Waals surface area contributed by atoms with Crippen LogP contribution in [0.5, 0.6) is 0 Å². The van der Waals surface area contributed by atoms with Crippen LogP contribution in [0.4, 0.5) is 13.2 Å². The van der Waals surface area contributed by atoms with E-state index in [1.807, 2.05) is 12.1 Å². The molecule has 1 aromatic carbocycles. The Bertz CT molecular complexity index is 449. The van der Waals surface area contributed by atoms with Crippen molar-refractivity contribution in [2.75, 3.05) is 0 Å². The van der Waals surface area contributed by atoms with Gasteiger partial charge in [-0.15, -0.1) is 0 Å². The fraction of sp³-hybridized carbons (Fsp3) is 0.333. The monoisotopic (exact) mass is 238 g/mol. The third-order valence-corrected chi connectivity index (χ3v) is 2.28. The number of nitrogens with zero attached hydrogens (tertiary/aromatic N) is 2. The molecule has 0 aliphatic rings. The van der Waals surface area contributed by atoms with Gasteiger partial charge in [0, 0.05) is 0 Å². The zero-order valence-corrected chi connectivity index (χ0v) is 8.83. The minimum atomic E-state index is -4.35. The van der Waals surface area contributed by atoms with Crippen molar-refractivity contribution in [3.05, 3.63) is 35.4 Å². The molecule has 0 radical (unpaired) electrons. The number of alkyl halides is 3. The molecule has 0 N–H and O–H groups in total. The lowest BCUT2D eigenvalue weighted by Crippen LogP contribution is -2.05. The Hall–Kier alpha value is -2.01. The highest BCUT2D eigenvalue weighted by atomic mass is 19.4. The first kappa shape index (κ1) is 13.1. The topological polar surface area (TPSA) is 47.6 Å². The minimum absolute atomic E-state index is 0.0809. The molecule has 0 saturated heterocycles. The lowest BCUT2D eigenvalue weighted by atomic mass is 9.97. The van der Waals surface area contributed by atoms with Gasteiger partial charge >= 0.3 is 6.18 Å². The average Bonchev–Trinajstić information content (AvgIpc) is 2.28. The van der Waals surface area contributed by atoms with E-state index in [0.29, 0.717) is 12.0 Å². The quantitative estimate of drug-likeness (QED) is 0.811. The van der Waals surface area contributed by atoms with Crippen molar-refractivity contribution in [1.29, 1.82) is 10.5 Å². The van der Waals surface area contributed by atoms with Crippen molar-refractivity contribution in [2.45, 2.75) is 19.0 Å². The van der Waals surface area contributed by atoms with Crippen LogP contribution in [0, 0.1) is 28.6 Å². The zero-order chi connectivity index (χ0) is 12.9. The molecule has 0 spiro atoms. The Balaban J connectivity index is 2.76. The fourth-order valence-electron chi connectivity index (χ4n) is 1.39. The van der Waals surface area contributed by atoms with E-state index in [1.54, 1.807) is 0 Å². The maximum absolute atomic E-state index is 12.3. The highest BCUT2D eigenvalue weighted by Gasteiger charge is 2.29. The summed E-state index contributed by atoms with van der Waals surface area (Å²) in [6, 6.07) is 8.46. The average molecular weight is 238 g/mol. The van der Waals surface area contributed by atoms with Crippen LogP contribution in [0.3, 0.4) is 0 Å². The molecule has 0 aliphatic carbocycles. The summed E-state index contributed by atoms with van der Waals surface area (Å²) in [6.07, 6.45) is -3.97. The van der Waals surface area contributed by atoms with E-state index in [2.05, 4.69) is 0 Å². The predicted octanol–water partition coefficient (Wildman–Crippen LogP) is 3.30. The van der Waals surface area contributed by atoms with Gasteiger partial charge in [-0.3, -0.25) is 0 Å². The van der Waals surface area contributed by atoms with Gasteiger partial charge in [0.05, 0.1) is 30.0 Å². The van der Waals surface area contributed by atoms with Crippen LogP contribution in [0.1, 0.15) is 17.5 Å². The molecule has 0 aliphatic heterocycles. The Kier molecular flexibility index (Phi) is 4.12. The molecule has 88 valence electrons. The molecule has 0 fully saturated rings. The molecule has 17 heavy (non-hydrogen) atoms. The maximum atomic E-state index is 12.3. The third-order valence-electron chi connectivity index (χ3n) is 2.28. The molecule has 1 atom stereocenters. The second-order valence-electron chi connectivity index (χ2n) is 3.59. The van der Waals surface area contributed by atoms with E-state index in [9.17, 15) is 13.2 Å². The minimum Gasteiger partial charge on any atom is -0.198 e. The van der Waals surface area contributed by atoms with Gasteiger partial charge in [-0.25, -0.2) is 0 Å². The zero-order valence-electron chi connectivity index (χ0n) is 8.83. The third kappa shape index (κ3) is 3.81. The van der Waals surface area contributed by atoms with Crippen molar-refractivity contribution in [3.63, 3.8) is 0 Å². The van der Waals surface area contributed by atoms with E-state index in [1.165, 1.54) is 12.1 Å². The molecule has 0 amide bonds. The molecule has 0 saturated carbocycles. The van der Waals surface area contributed by atoms with Crippen molar-refractivity contribution in [3.8, 4) is 12.1 Å². The van der Waals surface area contributed by atoms with Crippen LogP contribution >= 0.6 is 0 Å². The van der Waals surface area contributed by atoms with Gasteiger partial charge in [-0.05, 0) is 24.1 Å². The fourth-order valence-corrected chi connectivity index (χ4v) is 1.39. The number of hydrogen-bond acceptors (Lipinski definition) is 2. The summed E-state index contributed by atoms with van der Waals surface area (Å²) in [7, 11) is 0. The Morgan fingerprint density at radius 1 is 1.12 bits per heavy atom. The molecule has 1 aromatic rings. The van der Waals surface area contributed by atoms with E-state index in [4.69, 9.17) is 10.5 Å². The molecule has 0 bridgehead atoms. The number of benzene rings is 1. The van der Waals surface area contributed by atoms with E-state index in [-0.39, 0.29) is 6.42 Å². The van der Waals surface area contributed by atoms with Crippen LogP contribution in [0.2, 0.25) is 0 Å². The SMILES string of the molecule is N#CCC(C#N)Cc1ccc(C(F)(F)F)cc1. The number of hydrogen-bond donors (Lipinski definition) is 0. The van der Waals surface area contributed by atoms with E-state index < -0.39 is 17.7 Å². The normalized spacial score (nSPS) is 12.5. The lowest BCUT2D eigenvalue weighted by Gasteiger charge is -2.08. The van der Waals surface area contributed by atoms with Crippen molar-refractivity contribution in [1.82, 2.24) is 0 Å². The Morgan fingerprint density at radius 3 is 2.12 bits per heavy atom. The summed E-state index contributed by atoms with van der Waals surface area (Å²) in [5.74, 6) is -0.475. The first-order valence-electron chi connectivity index (χ1n) is 4.90. The van der Waals surface area contributed by atoms with Crippen LogP contribution in [-0.2, 0) is 12.6 Å². The summed E-state index contributed by atoms with van der Waals surface area (Å²) in [4.78, 5) is 0. The molecule has 5 heteroatoms. The second-order valence-corrected chi connectivity index (χ2v) is 3.59. The number of nitriles is 2. The summed E-state index contributed by atoms with van der Waals surface area (Å²) < 4.78 is 36.8. The van der Waals surface area contributed by atoms with Crippen LogP contribution in [-0.4, -0.2) is 0 Å². The predicted molar refractivity (Wildman–Crippen MR) is 54.5 cm³/mol. The van der Waals surface area contributed by atoms with E-state index >= 15 is 0 Å². The number of halogens is 3. The molecule has 0 heterocycles. The number of rotatable bonds is 3. The summed E-state index contributed by atoms with van der Waals surface area (Å²) in [5, 5.41) is 17.2. The molecular formula is C12H9F3N2. The van der Waals surface area contributed by atoms with Crippen molar-refractivity contribution in [2.24, 2.45) is 5.92 Å². The standard InChI is InChI=1S/C12H9F3N2/c13-12(14,15)11-3-1-9(2-4-11)7-10(8-17)5-6-16/h1-4,10H,5,7H2. The highest BCUT2D eigenvalue weighted by Crippen LogP contribution is 2.29. The Morgan fingerprint density at radius 2 is 1.71 bits per heavy atom. The van der Waals surface area contributed by atoms with Gasteiger partial charge in [0.15, 0.2) is 0 Å². The molecule has 0 aromatic heterocycles. The van der Waals surface area contributed by atoms with Crippen LogP contribution in [0.25, 0.3) is 0 Å². The van der Waals surface area contributed by atoms with Crippen LogP contribution < -0.4 is 0 Å². The van der Waals surface area contributed by atoms with Gasteiger partial charge in [-0.2, -0.15) is 23.7 Å². The smallest absolute Gasteiger partial charge is 0.198 e. The molecule has 1 unspecified atom stereocenters. The Labute approximate surface area is 96.9 Å². The van der Waals surface area contributed by atoms with Gasteiger partial charge in [0.25, 0.3) is 0 Å². The van der Waals surface area contributed by atoms with Gasteiger partial charge < -0.3 is 0 Å².